The Kier molecular flexibility index (Phi) is 7.37. The molecular formula is C31H31N3O2S. The van der Waals surface area contributed by atoms with E-state index >= 15 is 0 Å². The smallest absolute Gasteiger partial charge is 0.260 e. The van der Waals surface area contributed by atoms with E-state index in [9.17, 15) is 4.79 Å². The minimum Gasteiger partial charge on any atom is -0.489 e. The number of aromatic nitrogens is 1. The van der Waals surface area contributed by atoms with Gasteiger partial charge in [0, 0.05) is 22.8 Å². The highest BCUT2D eigenvalue weighted by atomic mass is 32.2. The quantitative estimate of drug-likeness (QED) is 0.256. The van der Waals surface area contributed by atoms with Gasteiger partial charge in [-0.15, -0.1) is 0 Å². The number of benzene rings is 3. The summed E-state index contributed by atoms with van der Waals surface area (Å²) in [4.78, 5) is 13.4. The summed E-state index contributed by atoms with van der Waals surface area (Å²) in [5.41, 5.74) is 7.52. The molecule has 1 aromatic heterocycles. The van der Waals surface area contributed by atoms with Crippen LogP contribution in [0.25, 0.3) is 11.8 Å². The van der Waals surface area contributed by atoms with Crippen LogP contribution in [-0.4, -0.2) is 16.0 Å². The van der Waals surface area contributed by atoms with E-state index in [1.54, 1.807) is 0 Å². The number of nitrogens with zero attached hydrogens (tertiary/aromatic N) is 1. The van der Waals surface area contributed by atoms with Crippen molar-refractivity contribution in [2.45, 2.75) is 39.3 Å². The maximum Gasteiger partial charge on any atom is 0.260 e. The minimum atomic E-state index is -0.196. The molecule has 2 heterocycles. The number of hydrogen-bond donors (Lipinski definition) is 2. The molecule has 188 valence electrons. The fourth-order valence-electron chi connectivity index (χ4n) is 4.46. The largest absolute Gasteiger partial charge is 0.489 e. The fourth-order valence-corrected chi connectivity index (χ4v) is 5.43. The van der Waals surface area contributed by atoms with Crippen LogP contribution in [-0.2, 0) is 17.8 Å². The van der Waals surface area contributed by atoms with Gasteiger partial charge in [0.05, 0.1) is 4.91 Å². The molecule has 2 N–H and O–H groups in total. The van der Waals surface area contributed by atoms with Crippen molar-refractivity contribution in [3.8, 4) is 11.4 Å². The molecule has 0 unspecified atom stereocenters. The number of nitrogens with one attached hydrogen (secondary N) is 2. The average molecular weight is 510 g/mol. The zero-order chi connectivity index (χ0) is 25.8. The summed E-state index contributed by atoms with van der Waals surface area (Å²) < 4.78 is 8.15. The summed E-state index contributed by atoms with van der Waals surface area (Å²) in [5.74, 6) is 0.775. The van der Waals surface area contributed by atoms with E-state index in [1.807, 2.05) is 36.4 Å². The highest BCUT2D eigenvalue weighted by Gasteiger charge is 2.27. The van der Waals surface area contributed by atoms with E-state index in [0.717, 1.165) is 46.1 Å². The zero-order valence-electron chi connectivity index (χ0n) is 21.3. The van der Waals surface area contributed by atoms with Gasteiger partial charge in [-0.2, -0.15) is 0 Å². The molecule has 0 aliphatic carbocycles. The molecule has 1 atom stereocenters. The monoisotopic (exact) mass is 509 g/mol. The summed E-state index contributed by atoms with van der Waals surface area (Å²) >= 11 is 1.51. The molecule has 37 heavy (non-hydrogen) atoms. The second-order valence-electron chi connectivity index (χ2n) is 9.10. The van der Waals surface area contributed by atoms with E-state index < -0.39 is 0 Å². The van der Waals surface area contributed by atoms with Crippen LogP contribution in [0.4, 0.5) is 5.69 Å². The van der Waals surface area contributed by atoms with Crippen molar-refractivity contribution in [2.24, 2.45) is 0 Å². The van der Waals surface area contributed by atoms with E-state index in [2.05, 4.69) is 90.6 Å². The molecule has 0 bridgehead atoms. The first-order chi connectivity index (χ1) is 18.0. The van der Waals surface area contributed by atoms with E-state index in [-0.39, 0.29) is 11.4 Å². The second kappa shape index (κ2) is 11.0. The standard InChI is InChI=1S/C31H31N3O2S/c1-4-23-10-12-26(13-11-23)32-31-33-30(35)29(37-31)19-25-18-21(2)34(22(25)3)27-14-16-28(17-15-27)36-20-24-8-6-5-7-9-24/h5-19,31-32H,4,20H2,1-3H3,(H,33,35)/b29-19-/t31-/m1/s1. The SMILES string of the molecule is CCc1ccc(N[C@@H]2NC(=O)/C(=C/c3cc(C)n(-c4ccc(OCc5ccccc5)cc4)c3C)S2)cc1. The topological polar surface area (TPSA) is 55.3 Å². The van der Waals surface area contributed by atoms with Crippen LogP contribution >= 0.6 is 11.8 Å². The molecule has 5 rings (SSSR count). The van der Waals surface area contributed by atoms with Crippen molar-refractivity contribution in [1.82, 2.24) is 9.88 Å². The molecule has 0 saturated carbocycles. The van der Waals surface area contributed by atoms with Crippen molar-refractivity contribution in [3.63, 3.8) is 0 Å². The maximum atomic E-state index is 12.7. The Balaban J connectivity index is 1.28. The number of rotatable bonds is 8. The lowest BCUT2D eigenvalue weighted by molar-refractivity contribution is -0.116. The molecule has 3 aromatic carbocycles. The molecule has 1 saturated heterocycles. The Morgan fingerprint density at radius 2 is 1.70 bits per heavy atom. The molecular weight excluding hydrogens is 478 g/mol. The summed E-state index contributed by atoms with van der Waals surface area (Å²) in [5, 5.41) is 6.42. The number of amides is 1. The number of ether oxygens (including phenoxy) is 1. The summed E-state index contributed by atoms with van der Waals surface area (Å²) in [6.07, 6.45) is 2.99. The first-order valence-electron chi connectivity index (χ1n) is 12.5. The van der Waals surface area contributed by atoms with Crippen molar-refractivity contribution in [1.29, 1.82) is 0 Å². The summed E-state index contributed by atoms with van der Waals surface area (Å²) in [7, 11) is 0. The molecule has 1 fully saturated rings. The van der Waals surface area contributed by atoms with Gasteiger partial charge in [0.15, 0.2) is 5.50 Å². The van der Waals surface area contributed by atoms with Gasteiger partial charge in [0.1, 0.15) is 12.4 Å². The molecule has 6 heteroatoms. The lowest BCUT2D eigenvalue weighted by Gasteiger charge is -2.13. The normalized spacial score (nSPS) is 16.1. The average Bonchev–Trinajstić information content (AvgIpc) is 3.41. The summed E-state index contributed by atoms with van der Waals surface area (Å²) in [6.45, 7) is 6.85. The Labute approximate surface area is 222 Å². The zero-order valence-corrected chi connectivity index (χ0v) is 22.1. The highest BCUT2D eigenvalue weighted by Crippen LogP contribution is 2.32. The number of carbonyl (C=O) groups is 1. The molecule has 0 radical (unpaired) electrons. The molecule has 0 spiro atoms. The van der Waals surface area contributed by atoms with Gasteiger partial charge < -0.3 is 19.9 Å². The lowest BCUT2D eigenvalue weighted by atomic mass is 10.1. The minimum absolute atomic E-state index is 0.0580. The van der Waals surface area contributed by atoms with E-state index in [1.165, 1.54) is 17.3 Å². The van der Waals surface area contributed by atoms with Gasteiger partial charge in [0.25, 0.3) is 5.91 Å². The fraction of sp³-hybridized carbons (Fsp3) is 0.194. The van der Waals surface area contributed by atoms with E-state index in [0.29, 0.717) is 11.5 Å². The Morgan fingerprint density at radius 1 is 0.973 bits per heavy atom. The third-order valence-electron chi connectivity index (χ3n) is 6.49. The molecule has 4 aromatic rings. The summed E-state index contributed by atoms with van der Waals surface area (Å²) in [6, 6.07) is 28.7. The van der Waals surface area contributed by atoms with Crippen LogP contribution in [0.2, 0.25) is 0 Å². The van der Waals surface area contributed by atoms with Crippen molar-refractivity contribution >= 4 is 29.4 Å². The van der Waals surface area contributed by atoms with Gasteiger partial charge in [-0.3, -0.25) is 4.79 Å². The first-order valence-corrected chi connectivity index (χ1v) is 13.4. The third-order valence-corrected chi connectivity index (χ3v) is 7.52. The van der Waals surface area contributed by atoms with E-state index in [4.69, 9.17) is 4.74 Å². The van der Waals surface area contributed by atoms with Gasteiger partial charge >= 0.3 is 0 Å². The van der Waals surface area contributed by atoms with Crippen LogP contribution in [0.3, 0.4) is 0 Å². The lowest BCUT2D eigenvalue weighted by Crippen LogP contribution is -2.30. The molecule has 5 nitrogen and oxygen atoms in total. The third kappa shape index (κ3) is 5.75. The number of aryl methyl sites for hydroxylation is 2. The maximum absolute atomic E-state index is 12.7. The molecule has 1 aliphatic rings. The van der Waals surface area contributed by atoms with Crippen molar-refractivity contribution in [2.75, 3.05) is 5.32 Å². The Morgan fingerprint density at radius 3 is 2.41 bits per heavy atom. The predicted molar refractivity (Wildman–Crippen MR) is 153 cm³/mol. The second-order valence-corrected chi connectivity index (χ2v) is 10.3. The van der Waals surface area contributed by atoms with Crippen LogP contribution in [0.15, 0.2) is 89.8 Å². The van der Waals surface area contributed by atoms with Gasteiger partial charge in [-0.1, -0.05) is 61.2 Å². The molecule has 1 aliphatic heterocycles. The number of anilines is 1. The van der Waals surface area contributed by atoms with Gasteiger partial charge in [0.2, 0.25) is 0 Å². The molecule has 1 amide bonds. The highest BCUT2D eigenvalue weighted by molar-refractivity contribution is 8.05. The van der Waals surface area contributed by atoms with Gasteiger partial charge in [-0.05, 0) is 85.5 Å². The van der Waals surface area contributed by atoms with Crippen LogP contribution in [0.1, 0.15) is 35.0 Å². The van der Waals surface area contributed by atoms with Crippen LogP contribution in [0, 0.1) is 13.8 Å². The first kappa shape index (κ1) is 24.8. The number of carbonyl (C=O) groups excluding carboxylic acids is 1. The Hall–Kier alpha value is -3.90. The van der Waals surface area contributed by atoms with Gasteiger partial charge in [-0.25, -0.2) is 0 Å². The van der Waals surface area contributed by atoms with Crippen molar-refractivity contribution < 1.29 is 9.53 Å². The predicted octanol–water partition coefficient (Wildman–Crippen LogP) is 6.84. The number of thioether (sulfide) groups is 1. The van der Waals surface area contributed by atoms with Crippen molar-refractivity contribution in [3.05, 3.63) is 118 Å². The number of hydrogen-bond acceptors (Lipinski definition) is 4. The van der Waals surface area contributed by atoms with Crippen LogP contribution < -0.4 is 15.4 Å². The van der Waals surface area contributed by atoms with Crippen LogP contribution in [0.5, 0.6) is 5.75 Å². The Bertz CT molecular complexity index is 1410.